The third-order valence-electron chi connectivity index (χ3n) is 5.97. The Bertz CT molecular complexity index is 414. The predicted octanol–water partition coefficient (Wildman–Crippen LogP) is 2.68. The minimum atomic E-state index is -0.628. The highest BCUT2D eigenvalue weighted by Crippen LogP contribution is 2.64. The van der Waals surface area contributed by atoms with Crippen molar-refractivity contribution >= 4 is 5.97 Å². The molecule has 0 radical (unpaired) electrons. The fourth-order valence-electron chi connectivity index (χ4n) is 4.89. The summed E-state index contributed by atoms with van der Waals surface area (Å²) in [5.74, 6) is 1.54. The minimum Gasteiger partial charge on any atom is -0.462 e. The summed E-state index contributed by atoms with van der Waals surface area (Å²) in [6, 6.07) is 0. The number of ether oxygens (including phenoxy) is 1. The molecule has 0 aromatic rings. The Kier molecular flexibility index (Phi) is 2.83. The zero-order valence-corrected chi connectivity index (χ0v) is 11.9. The number of hydrogen-bond acceptors (Lipinski definition) is 3. The van der Waals surface area contributed by atoms with Crippen molar-refractivity contribution in [3.63, 3.8) is 0 Å². The van der Waals surface area contributed by atoms with Crippen LogP contribution in [0.1, 0.15) is 46.0 Å². The highest BCUT2D eigenvalue weighted by atomic mass is 16.5. The predicted molar refractivity (Wildman–Crippen MR) is 72.4 cm³/mol. The van der Waals surface area contributed by atoms with Crippen molar-refractivity contribution in [2.24, 2.45) is 23.2 Å². The summed E-state index contributed by atoms with van der Waals surface area (Å²) < 4.78 is 5.40. The van der Waals surface area contributed by atoms with Gasteiger partial charge in [0.15, 0.2) is 0 Å². The molecule has 3 atom stereocenters. The van der Waals surface area contributed by atoms with Gasteiger partial charge in [0.05, 0.1) is 12.2 Å². The summed E-state index contributed by atoms with van der Waals surface area (Å²) in [6.07, 6.45) is 5.46. The van der Waals surface area contributed by atoms with Crippen LogP contribution in [-0.2, 0) is 9.53 Å². The van der Waals surface area contributed by atoms with Crippen LogP contribution in [0.15, 0.2) is 12.2 Å². The topological polar surface area (TPSA) is 46.5 Å². The van der Waals surface area contributed by atoms with E-state index in [9.17, 15) is 9.90 Å². The maximum Gasteiger partial charge on any atom is 0.333 e. The normalized spacial score (nSPS) is 47.2. The Hall–Kier alpha value is -0.830. The molecule has 0 amide bonds. The largest absolute Gasteiger partial charge is 0.462 e. The van der Waals surface area contributed by atoms with Gasteiger partial charge < -0.3 is 9.84 Å². The number of carbonyl (C=O) groups is 1. The molecule has 4 fully saturated rings. The zero-order chi connectivity index (χ0) is 13.8. The molecule has 4 saturated carbocycles. The average molecular weight is 264 g/mol. The Labute approximate surface area is 115 Å². The van der Waals surface area contributed by atoms with Crippen LogP contribution in [0.2, 0.25) is 0 Å². The van der Waals surface area contributed by atoms with Crippen molar-refractivity contribution in [2.75, 3.05) is 6.61 Å². The van der Waals surface area contributed by atoms with Gasteiger partial charge in [0.25, 0.3) is 0 Å². The first-order valence-electron chi connectivity index (χ1n) is 7.39. The van der Waals surface area contributed by atoms with E-state index in [0.717, 1.165) is 12.8 Å². The maximum atomic E-state index is 11.6. The molecule has 1 N–H and O–H groups in total. The second-order valence-electron chi connectivity index (χ2n) is 7.35. The van der Waals surface area contributed by atoms with Crippen LogP contribution in [0.4, 0.5) is 0 Å². The molecule has 4 aliphatic rings. The summed E-state index contributed by atoms with van der Waals surface area (Å²) in [5, 5.41) is 11.1. The van der Waals surface area contributed by atoms with E-state index < -0.39 is 5.60 Å². The monoisotopic (exact) mass is 264 g/mol. The Morgan fingerprint density at radius 1 is 1.32 bits per heavy atom. The van der Waals surface area contributed by atoms with Crippen LogP contribution >= 0.6 is 0 Å². The van der Waals surface area contributed by atoms with Gasteiger partial charge in [-0.15, -0.1) is 0 Å². The first kappa shape index (κ1) is 13.2. The van der Waals surface area contributed by atoms with Crippen LogP contribution in [0.25, 0.3) is 0 Å². The Balaban J connectivity index is 1.78. The molecule has 3 heteroatoms. The number of rotatable bonds is 3. The molecular weight excluding hydrogens is 240 g/mol. The van der Waals surface area contributed by atoms with E-state index in [0.29, 0.717) is 29.9 Å². The Morgan fingerprint density at radius 3 is 2.37 bits per heavy atom. The summed E-state index contributed by atoms with van der Waals surface area (Å²) in [6.45, 7) is 7.72. The molecule has 0 aromatic carbocycles. The lowest BCUT2D eigenvalue weighted by Gasteiger charge is -2.64. The lowest BCUT2D eigenvalue weighted by Crippen LogP contribution is -2.64. The summed E-state index contributed by atoms with van der Waals surface area (Å²) in [5.41, 5.74) is -0.470. The Morgan fingerprint density at radius 2 is 1.89 bits per heavy atom. The molecule has 4 bridgehead atoms. The van der Waals surface area contributed by atoms with E-state index >= 15 is 0 Å². The van der Waals surface area contributed by atoms with Gasteiger partial charge in [0.2, 0.25) is 0 Å². The maximum absolute atomic E-state index is 11.6. The number of hydrogen-bond donors (Lipinski definition) is 1. The van der Waals surface area contributed by atoms with Gasteiger partial charge in [-0.05, 0) is 56.8 Å². The van der Waals surface area contributed by atoms with Gasteiger partial charge >= 0.3 is 5.97 Å². The first-order valence-corrected chi connectivity index (χ1v) is 7.39. The first-order chi connectivity index (χ1) is 8.84. The van der Waals surface area contributed by atoms with Crippen LogP contribution in [0, 0.1) is 23.2 Å². The highest BCUT2D eigenvalue weighted by Gasteiger charge is 2.63. The van der Waals surface area contributed by atoms with Crippen LogP contribution in [-0.4, -0.2) is 23.3 Å². The third-order valence-corrected chi connectivity index (χ3v) is 5.97. The van der Waals surface area contributed by atoms with E-state index in [-0.39, 0.29) is 11.4 Å². The lowest BCUT2D eigenvalue weighted by molar-refractivity contribution is -0.236. The van der Waals surface area contributed by atoms with Crippen molar-refractivity contribution in [3.05, 3.63) is 12.2 Å². The average Bonchev–Trinajstić information content (AvgIpc) is 2.31. The van der Waals surface area contributed by atoms with Crippen molar-refractivity contribution in [2.45, 2.75) is 51.6 Å². The molecule has 0 spiro atoms. The van der Waals surface area contributed by atoms with E-state index in [1.165, 1.54) is 19.3 Å². The molecule has 106 valence electrons. The van der Waals surface area contributed by atoms with Crippen molar-refractivity contribution in [3.8, 4) is 0 Å². The summed E-state index contributed by atoms with van der Waals surface area (Å²) in [4.78, 5) is 11.6. The smallest absolute Gasteiger partial charge is 0.333 e. The van der Waals surface area contributed by atoms with Crippen molar-refractivity contribution < 1.29 is 14.6 Å². The van der Waals surface area contributed by atoms with E-state index in [2.05, 4.69) is 13.5 Å². The SMILES string of the molecule is C=C(C)C(=O)OCC1(C)C2CC3CC(C2)CC1(O)C3. The van der Waals surface area contributed by atoms with Gasteiger partial charge in [-0.25, -0.2) is 4.79 Å². The van der Waals surface area contributed by atoms with Crippen molar-refractivity contribution in [1.29, 1.82) is 0 Å². The lowest BCUT2D eigenvalue weighted by atomic mass is 9.44. The summed E-state index contributed by atoms with van der Waals surface area (Å²) in [7, 11) is 0. The van der Waals surface area contributed by atoms with E-state index in [4.69, 9.17) is 4.74 Å². The second-order valence-corrected chi connectivity index (χ2v) is 7.35. The minimum absolute atomic E-state index is 0.272. The van der Waals surface area contributed by atoms with Crippen LogP contribution in [0.3, 0.4) is 0 Å². The van der Waals surface area contributed by atoms with Crippen molar-refractivity contribution in [1.82, 2.24) is 0 Å². The highest BCUT2D eigenvalue weighted by molar-refractivity contribution is 5.86. The second kappa shape index (κ2) is 4.08. The van der Waals surface area contributed by atoms with Crippen LogP contribution < -0.4 is 0 Å². The van der Waals surface area contributed by atoms with Crippen LogP contribution in [0.5, 0.6) is 0 Å². The molecule has 3 unspecified atom stereocenters. The molecule has 4 rings (SSSR count). The number of aliphatic hydroxyl groups is 1. The van der Waals surface area contributed by atoms with E-state index in [1.54, 1.807) is 6.92 Å². The molecule has 4 aliphatic carbocycles. The summed E-state index contributed by atoms with van der Waals surface area (Å²) >= 11 is 0. The number of carbonyl (C=O) groups excluding carboxylic acids is 1. The molecule has 0 heterocycles. The molecule has 0 saturated heterocycles. The van der Waals surface area contributed by atoms with Gasteiger partial charge in [-0.3, -0.25) is 0 Å². The molecule has 0 aliphatic heterocycles. The van der Waals surface area contributed by atoms with Gasteiger partial charge in [-0.1, -0.05) is 13.5 Å². The number of esters is 1. The standard InChI is InChI=1S/C16H24O3/c1-10(2)14(17)19-9-15(3)13-5-11-4-12(6-13)8-16(15,18)7-11/h11-13,18H,1,4-9H2,2-3H3. The molecule has 19 heavy (non-hydrogen) atoms. The molecular formula is C16H24O3. The quantitative estimate of drug-likeness (QED) is 0.629. The van der Waals surface area contributed by atoms with E-state index in [1.807, 2.05) is 0 Å². The fraction of sp³-hybridized carbons (Fsp3) is 0.812. The molecule has 3 nitrogen and oxygen atoms in total. The van der Waals surface area contributed by atoms with Gasteiger partial charge in [0.1, 0.15) is 0 Å². The fourth-order valence-corrected chi connectivity index (χ4v) is 4.89. The molecule has 0 aromatic heterocycles. The van der Waals surface area contributed by atoms with Gasteiger partial charge in [0, 0.05) is 11.0 Å². The third kappa shape index (κ3) is 1.85. The van der Waals surface area contributed by atoms with Gasteiger partial charge in [-0.2, -0.15) is 0 Å². The zero-order valence-electron chi connectivity index (χ0n) is 11.9.